The smallest absolute Gasteiger partial charge is 0.143 e. The van der Waals surface area contributed by atoms with Crippen molar-refractivity contribution in [3.8, 4) is 5.75 Å². The Morgan fingerprint density at radius 1 is 1.44 bits per heavy atom. The van der Waals surface area contributed by atoms with Crippen LogP contribution in [0.2, 0.25) is 10.0 Å². The molecule has 0 spiro atoms. The van der Waals surface area contributed by atoms with Crippen molar-refractivity contribution in [2.75, 3.05) is 19.8 Å². The van der Waals surface area contributed by atoms with E-state index in [1.54, 1.807) is 6.07 Å². The minimum absolute atomic E-state index is 0.0871. The first kappa shape index (κ1) is 13.9. The van der Waals surface area contributed by atoms with E-state index in [0.717, 1.165) is 30.9 Å². The van der Waals surface area contributed by atoms with E-state index in [-0.39, 0.29) is 6.10 Å². The topological polar surface area (TPSA) is 30.5 Å². The Bertz CT molecular complexity index is 406. The molecule has 1 fully saturated rings. The average Bonchev–Trinajstić information content (AvgIpc) is 2.83. The van der Waals surface area contributed by atoms with Crippen LogP contribution in [-0.4, -0.2) is 25.9 Å². The fraction of sp³-hybridized carbons (Fsp3) is 0.538. The lowest BCUT2D eigenvalue weighted by Crippen LogP contribution is -2.19. The lowest BCUT2D eigenvalue weighted by Gasteiger charge is -2.17. The third-order valence-electron chi connectivity index (χ3n) is 2.82. The molecule has 0 aromatic heterocycles. The zero-order valence-electron chi connectivity index (χ0n) is 10.3. The van der Waals surface area contributed by atoms with E-state index < -0.39 is 0 Å². The first-order valence-electron chi connectivity index (χ1n) is 6.13. The summed E-state index contributed by atoms with van der Waals surface area (Å²) in [6.45, 7) is 5.01. The molecule has 1 atom stereocenters. The van der Waals surface area contributed by atoms with Gasteiger partial charge >= 0.3 is 0 Å². The zero-order chi connectivity index (χ0) is 13.0. The molecule has 0 bridgehead atoms. The number of nitrogens with one attached hydrogen (secondary N) is 1. The van der Waals surface area contributed by atoms with E-state index in [9.17, 15) is 0 Å². The second-order valence-corrected chi connectivity index (χ2v) is 5.10. The Morgan fingerprint density at radius 3 is 2.94 bits per heavy atom. The van der Waals surface area contributed by atoms with Crippen LogP contribution >= 0.6 is 23.2 Å². The highest BCUT2D eigenvalue weighted by Gasteiger charge is 2.20. The summed E-state index contributed by atoms with van der Waals surface area (Å²) in [4.78, 5) is 0. The van der Waals surface area contributed by atoms with E-state index in [4.69, 9.17) is 32.7 Å². The van der Waals surface area contributed by atoms with Crippen LogP contribution in [0.1, 0.15) is 18.9 Å². The van der Waals surface area contributed by atoms with Crippen molar-refractivity contribution < 1.29 is 9.47 Å². The van der Waals surface area contributed by atoms with Crippen LogP contribution in [0.4, 0.5) is 0 Å². The molecule has 5 heteroatoms. The van der Waals surface area contributed by atoms with Gasteiger partial charge in [0, 0.05) is 23.6 Å². The number of hydrogen-bond acceptors (Lipinski definition) is 3. The van der Waals surface area contributed by atoms with Crippen LogP contribution in [0.15, 0.2) is 12.1 Å². The second-order valence-electron chi connectivity index (χ2n) is 4.26. The van der Waals surface area contributed by atoms with Crippen LogP contribution in [0.3, 0.4) is 0 Å². The van der Waals surface area contributed by atoms with E-state index >= 15 is 0 Å². The average molecular weight is 290 g/mol. The quantitative estimate of drug-likeness (QED) is 0.902. The van der Waals surface area contributed by atoms with Gasteiger partial charge in [-0.2, -0.15) is 0 Å². The van der Waals surface area contributed by atoms with Gasteiger partial charge in [0.15, 0.2) is 0 Å². The molecule has 1 aromatic rings. The van der Waals surface area contributed by atoms with Crippen molar-refractivity contribution in [3.05, 3.63) is 27.7 Å². The summed E-state index contributed by atoms with van der Waals surface area (Å²) >= 11 is 12.2. The molecule has 18 heavy (non-hydrogen) atoms. The Kier molecular flexibility index (Phi) is 5.13. The standard InChI is InChI=1S/C13H17Cl2NO2/c1-2-16-7-9-5-10(14)6-12(15)13(9)18-11-3-4-17-8-11/h5-6,11,16H,2-4,7-8H2,1H3. The Balaban J connectivity index is 2.18. The summed E-state index contributed by atoms with van der Waals surface area (Å²) < 4.78 is 11.2. The van der Waals surface area contributed by atoms with Crippen LogP contribution in [0, 0.1) is 0 Å². The maximum atomic E-state index is 6.21. The normalized spacial score (nSPS) is 19.2. The Hall–Kier alpha value is -0.480. The summed E-state index contributed by atoms with van der Waals surface area (Å²) in [5.74, 6) is 0.720. The van der Waals surface area contributed by atoms with Crippen molar-refractivity contribution in [1.29, 1.82) is 0 Å². The maximum Gasteiger partial charge on any atom is 0.143 e. The first-order valence-corrected chi connectivity index (χ1v) is 6.89. The Labute approximate surface area is 117 Å². The van der Waals surface area contributed by atoms with E-state index in [1.807, 2.05) is 6.07 Å². The predicted octanol–water partition coefficient (Wildman–Crippen LogP) is 3.27. The summed E-state index contributed by atoms with van der Waals surface area (Å²) in [5.41, 5.74) is 0.987. The van der Waals surface area contributed by atoms with Crippen molar-refractivity contribution in [1.82, 2.24) is 5.32 Å². The number of ether oxygens (including phenoxy) is 2. The first-order chi connectivity index (χ1) is 8.70. The molecular formula is C13H17Cl2NO2. The van der Waals surface area contributed by atoms with Crippen molar-refractivity contribution in [2.24, 2.45) is 0 Å². The molecule has 1 heterocycles. The van der Waals surface area contributed by atoms with Gasteiger partial charge in [0.1, 0.15) is 11.9 Å². The van der Waals surface area contributed by atoms with Crippen molar-refractivity contribution in [2.45, 2.75) is 26.0 Å². The fourth-order valence-electron chi connectivity index (χ4n) is 1.91. The minimum Gasteiger partial charge on any atom is -0.486 e. The van der Waals surface area contributed by atoms with Gasteiger partial charge in [0.05, 0.1) is 18.2 Å². The van der Waals surface area contributed by atoms with Crippen LogP contribution in [0.25, 0.3) is 0 Å². The SMILES string of the molecule is CCNCc1cc(Cl)cc(Cl)c1OC1CCOC1. The zero-order valence-corrected chi connectivity index (χ0v) is 11.9. The van der Waals surface area contributed by atoms with Crippen LogP contribution in [0.5, 0.6) is 5.75 Å². The van der Waals surface area contributed by atoms with Gasteiger partial charge in [-0.3, -0.25) is 0 Å². The monoisotopic (exact) mass is 289 g/mol. The largest absolute Gasteiger partial charge is 0.486 e. The molecule has 3 nitrogen and oxygen atoms in total. The van der Waals surface area contributed by atoms with Gasteiger partial charge in [-0.15, -0.1) is 0 Å². The maximum absolute atomic E-state index is 6.21. The lowest BCUT2D eigenvalue weighted by molar-refractivity contribution is 0.140. The lowest BCUT2D eigenvalue weighted by atomic mass is 10.2. The molecule has 1 aliphatic rings. The Morgan fingerprint density at radius 2 is 2.28 bits per heavy atom. The van der Waals surface area contributed by atoms with E-state index in [1.165, 1.54) is 0 Å². The van der Waals surface area contributed by atoms with Gasteiger partial charge < -0.3 is 14.8 Å². The van der Waals surface area contributed by atoms with Gasteiger partial charge in [0.2, 0.25) is 0 Å². The molecule has 0 aliphatic carbocycles. The highest BCUT2D eigenvalue weighted by Crippen LogP contribution is 2.34. The van der Waals surface area contributed by atoms with E-state index in [2.05, 4.69) is 12.2 Å². The summed E-state index contributed by atoms with van der Waals surface area (Å²) in [6.07, 6.45) is 0.989. The highest BCUT2D eigenvalue weighted by molar-refractivity contribution is 6.35. The van der Waals surface area contributed by atoms with E-state index in [0.29, 0.717) is 23.2 Å². The second kappa shape index (κ2) is 6.62. The van der Waals surface area contributed by atoms with Crippen LogP contribution < -0.4 is 10.1 Å². The number of halogens is 2. The molecule has 2 rings (SSSR count). The summed E-state index contributed by atoms with van der Waals surface area (Å²) in [7, 11) is 0. The fourth-order valence-corrected chi connectivity index (χ4v) is 2.49. The molecule has 1 aliphatic heterocycles. The number of benzene rings is 1. The molecular weight excluding hydrogens is 273 g/mol. The molecule has 1 saturated heterocycles. The summed E-state index contributed by atoms with van der Waals surface area (Å²) in [5, 5.41) is 4.44. The number of hydrogen-bond donors (Lipinski definition) is 1. The third-order valence-corrected chi connectivity index (χ3v) is 3.32. The molecule has 1 unspecified atom stereocenters. The molecule has 100 valence electrons. The summed E-state index contributed by atoms with van der Waals surface area (Å²) in [6, 6.07) is 3.60. The van der Waals surface area contributed by atoms with Crippen LogP contribution in [-0.2, 0) is 11.3 Å². The molecule has 0 saturated carbocycles. The molecule has 0 amide bonds. The van der Waals surface area contributed by atoms with Crippen molar-refractivity contribution >= 4 is 23.2 Å². The van der Waals surface area contributed by atoms with Crippen molar-refractivity contribution in [3.63, 3.8) is 0 Å². The van der Waals surface area contributed by atoms with Gasteiger partial charge in [-0.1, -0.05) is 30.1 Å². The van der Waals surface area contributed by atoms with Gasteiger partial charge in [-0.25, -0.2) is 0 Å². The van der Waals surface area contributed by atoms with Gasteiger partial charge in [0.25, 0.3) is 0 Å². The third kappa shape index (κ3) is 3.51. The van der Waals surface area contributed by atoms with Gasteiger partial charge in [-0.05, 0) is 18.7 Å². The molecule has 0 radical (unpaired) electrons. The number of rotatable bonds is 5. The highest BCUT2D eigenvalue weighted by atomic mass is 35.5. The predicted molar refractivity (Wildman–Crippen MR) is 73.7 cm³/mol. The molecule has 1 aromatic carbocycles. The molecule has 1 N–H and O–H groups in total. The minimum atomic E-state index is 0.0871.